The average molecular weight is 585 g/mol. The molecule has 1 aromatic heterocycles. The molecule has 39 heavy (non-hydrogen) atoms. The smallest absolute Gasteiger partial charge is 0.289 e. The number of Topliss-reactive ketones (excluding diaryl/α,β-unsaturated/α-hetero) is 1. The molecule has 2 aromatic rings. The Morgan fingerprint density at radius 3 is 2.38 bits per heavy atom. The first-order chi connectivity index (χ1) is 18.3. The van der Waals surface area contributed by atoms with E-state index >= 15 is 0 Å². The van der Waals surface area contributed by atoms with Gasteiger partial charge in [-0.2, -0.15) is 0 Å². The summed E-state index contributed by atoms with van der Waals surface area (Å²) in [5.74, 6) is -7.25. The molecule has 0 unspecified atom stereocenters. The zero-order valence-corrected chi connectivity index (χ0v) is 22.8. The van der Waals surface area contributed by atoms with E-state index in [1.54, 1.807) is 41.9 Å². The molecule has 0 saturated heterocycles. The number of benzene rings is 1. The molecule has 1 heterocycles. The molecule has 0 spiro atoms. The van der Waals surface area contributed by atoms with Gasteiger partial charge in [0.2, 0.25) is 23.5 Å². The molecule has 212 valence electrons. The van der Waals surface area contributed by atoms with Crippen molar-refractivity contribution in [2.75, 3.05) is 12.0 Å². The molecule has 1 aliphatic rings. The SMILES string of the molecule is CS(=O)(=O)CC[C@@H](NC(=O)CC1CC(F)(F)C1)C(=O)N[C@H](Cc1ccccc1)C(=O)C(=O)NCc1nccs1. The van der Waals surface area contributed by atoms with E-state index in [4.69, 9.17) is 0 Å². The third kappa shape index (κ3) is 10.1. The van der Waals surface area contributed by atoms with E-state index in [1.165, 1.54) is 11.3 Å². The van der Waals surface area contributed by atoms with E-state index in [2.05, 4.69) is 20.9 Å². The van der Waals surface area contributed by atoms with Gasteiger partial charge in [0, 0.05) is 43.5 Å². The zero-order valence-electron chi connectivity index (χ0n) is 21.2. The van der Waals surface area contributed by atoms with Crippen LogP contribution in [0.1, 0.15) is 36.3 Å². The molecule has 2 atom stereocenters. The minimum absolute atomic E-state index is 0.0154. The molecule has 3 N–H and O–H groups in total. The highest BCUT2D eigenvalue weighted by atomic mass is 32.2. The minimum Gasteiger partial charge on any atom is -0.344 e. The number of hydrogen-bond acceptors (Lipinski definition) is 8. The van der Waals surface area contributed by atoms with Gasteiger partial charge in [0.25, 0.3) is 5.91 Å². The highest BCUT2D eigenvalue weighted by molar-refractivity contribution is 7.90. The number of carbonyl (C=O) groups excluding carboxylic acids is 4. The van der Waals surface area contributed by atoms with Crippen molar-refractivity contribution >= 4 is 44.7 Å². The van der Waals surface area contributed by atoms with Crippen LogP contribution in [0.25, 0.3) is 0 Å². The first-order valence-electron chi connectivity index (χ1n) is 12.2. The molecule has 1 saturated carbocycles. The molecular formula is C25H30F2N4O6S2. The van der Waals surface area contributed by atoms with Gasteiger partial charge in [-0.3, -0.25) is 19.2 Å². The Morgan fingerprint density at radius 1 is 1.10 bits per heavy atom. The first-order valence-corrected chi connectivity index (χ1v) is 15.1. The second-order valence-corrected chi connectivity index (χ2v) is 12.8. The van der Waals surface area contributed by atoms with Crippen molar-refractivity contribution in [2.24, 2.45) is 5.92 Å². The van der Waals surface area contributed by atoms with Crippen molar-refractivity contribution in [1.29, 1.82) is 0 Å². The summed E-state index contributed by atoms with van der Waals surface area (Å²) >= 11 is 1.29. The van der Waals surface area contributed by atoms with Crippen LogP contribution < -0.4 is 16.0 Å². The van der Waals surface area contributed by atoms with Gasteiger partial charge in [0.05, 0.1) is 12.3 Å². The van der Waals surface area contributed by atoms with Gasteiger partial charge in [-0.05, 0) is 17.9 Å². The topological polar surface area (TPSA) is 151 Å². The van der Waals surface area contributed by atoms with Gasteiger partial charge in [0.1, 0.15) is 26.9 Å². The fourth-order valence-electron chi connectivity index (χ4n) is 4.12. The first kappa shape index (κ1) is 30.3. The molecule has 3 rings (SSSR count). The number of carbonyl (C=O) groups is 4. The van der Waals surface area contributed by atoms with Gasteiger partial charge in [-0.15, -0.1) is 11.3 Å². The summed E-state index contributed by atoms with van der Waals surface area (Å²) in [5, 5.41) is 9.66. The summed E-state index contributed by atoms with van der Waals surface area (Å²) in [5.41, 5.74) is 0.645. The number of ketones is 1. The van der Waals surface area contributed by atoms with Gasteiger partial charge >= 0.3 is 0 Å². The van der Waals surface area contributed by atoms with Crippen LogP contribution in [0.2, 0.25) is 0 Å². The standard InChI is InChI=1S/C25H30F2N4O6S2/c1-39(36,37)10-7-18(30-20(32)12-17-13-25(26,27)14-17)23(34)31-19(11-16-5-3-2-4-6-16)22(33)24(35)29-15-21-28-8-9-38-21/h2-6,8-9,17-19H,7,10-15H2,1H3,(H,29,35)(H,30,32)(H,31,34)/t18-,19-/m1/s1. The van der Waals surface area contributed by atoms with E-state index in [9.17, 15) is 36.4 Å². The van der Waals surface area contributed by atoms with Gasteiger partial charge in [-0.1, -0.05) is 30.3 Å². The molecule has 14 heteroatoms. The predicted molar refractivity (Wildman–Crippen MR) is 140 cm³/mol. The van der Waals surface area contributed by atoms with Crippen molar-refractivity contribution in [3.8, 4) is 0 Å². The number of aromatic nitrogens is 1. The largest absolute Gasteiger partial charge is 0.344 e. The third-order valence-corrected chi connectivity index (χ3v) is 7.86. The Morgan fingerprint density at radius 2 is 1.79 bits per heavy atom. The second-order valence-electron chi connectivity index (χ2n) is 9.60. The molecule has 0 bridgehead atoms. The van der Waals surface area contributed by atoms with Crippen LogP contribution in [0.5, 0.6) is 0 Å². The van der Waals surface area contributed by atoms with Crippen molar-refractivity contribution in [3.63, 3.8) is 0 Å². The van der Waals surface area contributed by atoms with Crippen LogP contribution in [0.3, 0.4) is 0 Å². The predicted octanol–water partition coefficient (Wildman–Crippen LogP) is 1.41. The second kappa shape index (κ2) is 13.2. The summed E-state index contributed by atoms with van der Waals surface area (Å²) in [6.45, 7) is 0.0154. The van der Waals surface area contributed by atoms with E-state index in [-0.39, 0.29) is 25.8 Å². The van der Waals surface area contributed by atoms with Crippen molar-refractivity contribution < 1.29 is 36.4 Å². The number of rotatable bonds is 14. The van der Waals surface area contributed by atoms with Crippen molar-refractivity contribution in [1.82, 2.24) is 20.9 Å². The van der Waals surface area contributed by atoms with E-state index < -0.39 is 75.9 Å². The van der Waals surface area contributed by atoms with Gasteiger partial charge < -0.3 is 16.0 Å². The van der Waals surface area contributed by atoms with E-state index in [0.29, 0.717) is 10.6 Å². The Balaban J connectivity index is 1.71. The lowest BCUT2D eigenvalue weighted by Crippen LogP contribution is -2.55. The molecule has 3 amide bonds. The number of thiazole rings is 1. The van der Waals surface area contributed by atoms with Crippen LogP contribution in [0.15, 0.2) is 41.9 Å². The van der Waals surface area contributed by atoms with Gasteiger partial charge in [0.15, 0.2) is 0 Å². The van der Waals surface area contributed by atoms with Crippen LogP contribution in [0, 0.1) is 5.92 Å². The lowest BCUT2D eigenvalue weighted by Gasteiger charge is -2.34. The van der Waals surface area contributed by atoms with E-state index in [1.807, 2.05) is 0 Å². The van der Waals surface area contributed by atoms with Crippen LogP contribution in [0.4, 0.5) is 8.78 Å². The fraction of sp³-hybridized carbons (Fsp3) is 0.480. The lowest BCUT2D eigenvalue weighted by atomic mass is 9.79. The summed E-state index contributed by atoms with van der Waals surface area (Å²) in [7, 11) is -3.52. The average Bonchev–Trinajstić information content (AvgIpc) is 3.37. The minimum atomic E-state index is -3.52. The summed E-state index contributed by atoms with van der Waals surface area (Å²) < 4.78 is 49.8. The number of amides is 3. The summed E-state index contributed by atoms with van der Waals surface area (Å²) in [6, 6.07) is 5.93. The normalized spacial score (nSPS) is 16.4. The molecule has 1 aliphatic carbocycles. The molecule has 10 nitrogen and oxygen atoms in total. The highest BCUT2D eigenvalue weighted by Crippen LogP contribution is 2.43. The maximum atomic E-state index is 13.2. The molecule has 1 aromatic carbocycles. The molecule has 0 radical (unpaired) electrons. The van der Waals surface area contributed by atoms with Crippen LogP contribution in [-0.2, 0) is 42.0 Å². The van der Waals surface area contributed by atoms with Crippen molar-refractivity contribution in [2.45, 2.75) is 56.7 Å². The van der Waals surface area contributed by atoms with Gasteiger partial charge in [-0.25, -0.2) is 22.2 Å². The quantitative estimate of drug-likeness (QED) is 0.284. The van der Waals surface area contributed by atoms with E-state index in [0.717, 1.165) is 6.26 Å². The maximum absolute atomic E-state index is 13.2. The molecule has 1 fully saturated rings. The third-order valence-electron chi connectivity index (χ3n) is 6.10. The number of nitrogens with zero attached hydrogens (tertiary/aromatic N) is 1. The highest BCUT2D eigenvalue weighted by Gasteiger charge is 2.46. The lowest BCUT2D eigenvalue weighted by molar-refractivity contribution is -0.141. The number of nitrogens with one attached hydrogen (secondary N) is 3. The Bertz CT molecular complexity index is 1260. The summed E-state index contributed by atoms with van der Waals surface area (Å²) in [4.78, 5) is 55.4. The number of hydrogen-bond donors (Lipinski definition) is 3. The monoisotopic (exact) mass is 584 g/mol. The van der Waals surface area contributed by atoms with Crippen LogP contribution >= 0.6 is 11.3 Å². The molecular weight excluding hydrogens is 554 g/mol. The Hall–Kier alpha value is -3.26. The maximum Gasteiger partial charge on any atom is 0.289 e. The number of sulfone groups is 1. The Kier molecular flexibility index (Phi) is 10.2. The number of alkyl halides is 2. The molecule has 0 aliphatic heterocycles. The fourth-order valence-corrected chi connectivity index (χ4v) is 5.34. The van der Waals surface area contributed by atoms with Crippen LogP contribution in [-0.4, -0.2) is 66.9 Å². The zero-order chi connectivity index (χ0) is 28.6. The van der Waals surface area contributed by atoms with Crippen molar-refractivity contribution in [3.05, 3.63) is 52.5 Å². The Labute approximate surface area is 228 Å². The number of halogens is 2. The summed E-state index contributed by atoms with van der Waals surface area (Å²) in [6.07, 6.45) is 1.04.